The Morgan fingerprint density at radius 2 is 1.81 bits per heavy atom. The molecule has 2 aromatic rings. The molecule has 1 aromatic heterocycles. The van der Waals surface area contributed by atoms with Crippen LogP contribution in [0.3, 0.4) is 0 Å². The largest absolute Gasteiger partial charge is 0.345 e. The minimum absolute atomic E-state index is 0.0569. The highest BCUT2D eigenvalue weighted by Gasteiger charge is 2.02. The van der Waals surface area contributed by atoms with Crippen LogP contribution in [0.1, 0.15) is 0 Å². The number of hydrogen-bond donors (Lipinski definition) is 1. The van der Waals surface area contributed by atoms with Crippen LogP contribution in [-0.2, 0) is 11.3 Å². The number of rotatable bonds is 3. The van der Waals surface area contributed by atoms with Gasteiger partial charge in [-0.2, -0.15) is 0 Å². The zero-order chi connectivity index (χ0) is 11.4. The van der Waals surface area contributed by atoms with Crippen molar-refractivity contribution in [3.8, 4) is 0 Å². The van der Waals surface area contributed by atoms with Gasteiger partial charge in [-0.05, 0) is 36.4 Å². The van der Waals surface area contributed by atoms with Gasteiger partial charge in [-0.25, -0.2) is 0 Å². The van der Waals surface area contributed by atoms with E-state index in [4.69, 9.17) is 11.6 Å². The molecule has 2 rings (SSSR count). The van der Waals surface area contributed by atoms with Crippen molar-refractivity contribution >= 4 is 23.2 Å². The van der Waals surface area contributed by atoms with E-state index in [0.717, 1.165) is 5.69 Å². The number of aromatic nitrogens is 1. The van der Waals surface area contributed by atoms with Crippen LogP contribution in [0.25, 0.3) is 0 Å². The first kappa shape index (κ1) is 10.8. The Morgan fingerprint density at radius 3 is 2.44 bits per heavy atom. The lowest BCUT2D eigenvalue weighted by Gasteiger charge is -2.05. The van der Waals surface area contributed by atoms with Crippen LogP contribution in [0.15, 0.2) is 48.8 Å². The van der Waals surface area contributed by atoms with Crippen LogP contribution >= 0.6 is 11.6 Å². The molecular formula is C12H11ClN2O. The topological polar surface area (TPSA) is 34.0 Å². The van der Waals surface area contributed by atoms with E-state index in [1.807, 2.05) is 29.1 Å². The average molecular weight is 235 g/mol. The van der Waals surface area contributed by atoms with Crippen LogP contribution in [0.4, 0.5) is 5.69 Å². The molecule has 0 saturated carbocycles. The first-order chi connectivity index (χ1) is 7.74. The van der Waals surface area contributed by atoms with Crippen molar-refractivity contribution < 1.29 is 4.79 Å². The van der Waals surface area contributed by atoms with E-state index in [1.165, 1.54) is 0 Å². The fourth-order valence-corrected chi connectivity index (χ4v) is 1.50. The Morgan fingerprint density at radius 1 is 1.19 bits per heavy atom. The molecule has 0 saturated heterocycles. The maximum atomic E-state index is 11.6. The van der Waals surface area contributed by atoms with E-state index < -0.39 is 0 Å². The molecule has 1 N–H and O–H groups in total. The van der Waals surface area contributed by atoms with Crippen molar-refractivity contribution in [2.45, 2.75) is 6.54 Å². The lowest BCUT2D eigenvalue weighted by molar-refractivity contribution is -0.116. The molecule has 3 nitrogen and oxygen atoms in total. The second kappa shape index (κ2) is 4.86. The Bertz CT molecular complexity index is 462. The molecule has 0 bridgehead atoms. The first-order valence-electron chi connectivity index (χ1n) is 4.90. The fourth-order valence-electron chi connectivity index (χ4n) is 1.38. The zero-order valence-corrected chi connectivity index (χ0v) is 9.32. The third-order valence-corrected chi connectivity index (χ3v) is 2.37. The molecule has 1 amide bonds. The predicted molar refractivity (Wildman–Crippen MR) is 64.5 cm³/mol. The molecule has 0 spiro atoms. The molecule has 0 aliphatic rings. The Hall–Kier alpha value is -1.74. The molecule has 4 heteroatoms. The number of halogens is 1. The Labute approximate surface area is 98.7 Å². The van der Waals surface area contributed by atoms with Crippen LogP contribution in [0.5, 0.6) is 0 Å². The number of nitrogens with zero attached hydrogens (tertiary/aromatic N) is 1. The SMILES string of the molecule is O=C(Cn1cccc1)Nc1ccc(Cl)cc1. The molecule has 1 heterocycles. The Kier molecular flexibility index (Phi) is 3.27. The number of benzene rings is 1. The lowest BCUT2D eigenvalue weighted by Crippen LogP contribution is -2.17. The molecule has 0 unspecified atom stereocenters. The van der Waals surface area contributed by atoms with Gasteiger partial charge in [0.25, 0.3) is 0 Å². The van der Waals surface area contributed by atoms with Crippen molar-refractivity contribution in [3.05, 3.63) is 53.8 Å². The van der Waals surface area contributed by atoms with E-state index in [1.54, 1.807) is 24.3 Å². The summed E-state index contributed by atoms with van der Waals surface area (Å²) in [5, 5.41) is 3.44. The van der Waals surface area contributed by atoms with Crippen LogP contribution in [-0.4, -0.2) is 10.5 Å². The summed E-state index contributed by atoms with van der Waals surface area (Å²) in [6, 6.07) is 10.8. The standard InChI is InChI=1S/C12H11ClN2O/c13-10-3-5-11(6-4-10)14-12(16)9-15-7-1-2-8-15/h1-8H,9H2,(H,14,16). The van der Waals surface area contributed by atoms with Crippen molar-refractivity contribution in [1.29, 1.82) is 0 Å². The summed E-state index contributed by atoms with van der Waals surface area (Å²) in [5.74, 6) is -0.0569. The quantitative estimate of drug-likeness (QED) is 0.871. The molecule has 0 aliphatic heterocycles. The van der Waals surface area contributed by atoms with Gasteiger partial charge in [0.15, 0.2) is 0 Å². The van der Waals surface area contributed by atoms with E-state index in [2.05, 4.69) is 5.32 Å². The predicted octanol–water partition coefficient (Wildman–Crippen LogP) is 2.78. The summed E-state index contributed by atoms with van der Waals surface area (Å²) in [6.07, 6.45) is 3.70. The normalized spacial score (nSPS) is 10.1. The van der Waals surface area contributed by atoms with Gasteiger partial charge in [0.2, 0.25) is 5.91 Å². The Balaban J connectivity index is 1.95. The molecule has 82 valence electrons. The maximum Gasteiger partial charge on any atom is 0.244 e. The summed E-state index contributed by atoms with van der Waals surface area (Å²) in [4.78, 5) is 11.6. The maximum absolute atomic E-state index is 11.6. The molecular weight excluding hydrogens is 224 g/mol. The van der Waals surface area contributed by atoms with Gasteiger partial charge in [-0.1, -0.05) is 11.6 Å². The van der Waals surface area contributed by atoms with Gasteiger partial charge in [0, 0.05) is 23.1 Å². The highest BCUT2D eigenvalue weighted by molar-refractivity contribution is 6.30. The third kappa shape index (κ3) is 2.87. The van der Waals surface area contributed by atoms with Crippen LogP contribution < -0.4 is 5.32 Å². The number of anilines is 1. The van der Waals surface area contributed by atoms with E-state index in [0.29, 0.717) is 11.6 Å². The molecule has 1 aromatic carbocycles. The molecule has 0 radical (unpaired) electrons. The van der Waals surface area contributed by atoms with E-state index in [9.17, 15) is 4.79 Å². The van der Waals surface area contributed by atoms with E-state index >= 15 is 0 Å². The van der Waals surface area contributed by atoms with Gasteiger partial charge in [-0.15, -0.1) is 0 Å². The third-order valence-electron chi connectivity index (χ3n) is 2.12. The molecule has 0 aliphatic carbocycles. The van der Waals surface area contributed by atoms with Gasteiger partial charge in [0.05, 0.1) is 0 Å². The number of hydrogen-bond acceptors (Lipinski definition) is 1. The second-order valence-electron chi connectivity index (χ2n) is 3.41. The van der Waals surface area contributed by atoms with Crippen LogP contribution in [0, 0.1) is 0 Å². The van der Waals surface area contributed by atoms with Gasteiger partial charge in [-0.3, -0.25) is 4.79 Å². The van der Waals surface area contributed by atoms with Crippen LogP contribution in [0.2, 0.25) is 5.02 Å². The smallest absolute Gasteiger partial charge is 0.244 e. The molecule has 0 fully saturated rings. The summed E-state index contributed by atoms with van der Waals surface area (Å²) >= 11 is 5.75. The number of amides is 1. The van der Waals surface area contributed by atoms with Crippen molar-refractivity contribution in [1.82, 2.24) is 4.57 Å². The minimum Gasteiger partial charge on any atom is -0.345 e. The van der Waals surface area contributed by atoms with E-state index in [-0.39, 0.29) is 5.91 Å². The van der Waals surface area contributed by atoms with Gasteiger partial charge in [0.1, 0.15) is 6.54 Å². The monoisotopic (exact) mass is 234 g/mol. The number of carbonyl (C=O) groups is 1. The zero-order valence-electron chi connectivity index (χ0n) is 8.56. The second-order valence-corrected chi connectivity index (χ2v) is 3.85. The van der Waals surface area contributed by atoms with Gasteiger partial charge < -0.3 is 9.88 Å². The van der Waals surface area contributed by atoms with Crippen molar-refractivity contribution in [2.75, 3.05) is 5.32 Å². The summed E-state index contributed by atoms with van der Waals surface area (Å²) in [5.41, 5.74) is 0.751. The minimum atomic E-state index is -0.0569. The van der Waals surface area contributed by atoms with Crippen molar-refractivity contribution in [2.24, 2.45) is 0 Å². The lowest BCUT2D eigenvalue weighted by atomic mass is 10.3. The average Bonchev–Trinajstić information content (AvgIpc) is 2.74. The fraction of sp³-hybridized carbons (Fsp3) is 0.0833. The first-order valence-corrected chi connectivity index (χ1v) is 5.28. The summed E-state index contributed by atoms with van der Waals surface area (Å²) in [6.45, 7) is 0.315. The summed E-state index contributed by atoms with van der Waals surface area (Å²) < 4.78 is 1.81. The summed E-state index contributed by atoms with van der Waals surface area (Å²) in [7, 11) is 0. The van der Waals surface area contributed by atoms with Crippen molar-refractivity contribution in [3.63, 3.8) is 0 Å². The number of carbonyl (C=O) groups excluding carboxylic acids is 1. The molecule has 16 heavy (non-hydrogen) atoms. The number of nitrogens with one attached hydrogen (secondary N) is 1. The molecule has 0 atom stereocenters. The highest BCUT2D eigenvalue weighted by atomic mass is 35.5. The highest BCUT2D eigenvalue weighted by Crippen LogP contribution is 2.13. The van der Waals surface area contributed by atoms with Gasteiger partial charge >= 0.3 is 0 Å².